The molecule has 0 saturated carbocycles. The molecule has 0 aromatic heterocycles. The third-order valence-electron chi connectivity index (χ3n) is 2.46. The van der Waals surface area contributed by atoms with Gasteiger partial charge in [0.2, 0.25) is 5.91 Å². The molecule has 4 nitrogen and oxygen atoms in total. The Kier molecular flexibility index (Phi) is 4.82. The molecule has 0 aliphatic rings. The second-order valence-electron chi connectivity index (χ2n) is 3.98. The average molecular weight is 237 g/mol. The van der Waals surface area contributed by atoms with Gasteiger partial charge in [-0.25, -0.2) is 0 Å². The summed E-state index contributed by atoms with van der Waals surface area (Å²) in [7, 11) is 3.26. The van der Waals surface area contributed by atoms with Crippen molar-refractivity contribution in [1.82, 2.24) is 5.32 Å². The Labute approximate surface area is 102 Å². The molecule has 1 atom stereocenters. The van der Waals surface area contributed by atoms with Crippen LogP contribution >= 0.6 is 0 Å². The monoisotopic (exact) mass is 237 g/mol. The molecule has 1 N–H and O–H groups in total. The zero-order valence-corrected chi connectivity index (χ0v) is 10.7. The zero-order valence-electron chi connectivity index (χ0n) is 10.7. The minimum atomic E-state index is -0.0284. The summed E-state index contributed by atoms with van der Waals surface area (Å²) in [4.78, 5) is 11.0. The molecule has 0 heterocycles. The highest BCUT2D eigenvalue weighted by Gasteiger charge is 2.10. The van der Waals surface area contributed by atoms with Gasteiger partial charge in [0.05, 0.1) is 14.2 Å². The molecule has 4 heteroatoms. The summed E-state index contributed by atoms with van der Waals surface area (Å²) in [6.07, 6.45) is 0.708. The van der Waals surface area contributed by atoms with Crippen LogP contribution in [0.1, 0.15) is 19.4 Å². The number of methoxy groups -OCH3 is 2. The summed E-state index contributed by atoms with van der Waals surface area (Å²) in [6, 6.07) is 5.71. The summed E-state index contributed by atoms with van der Waals surface area (Å²) in [5.74, 6) is 1.57. The minimum Gasteiger partial charge on any atom is -0.497 e. The standard InChI is InChI=1S/C13H19NO3/c1-9(14-10(2)15)7-11-8-12(16-3)5-6-13(11)17-4/h5-6,8-9H,7H2,1-4H3,(H,14,15)/t9-/m0/s1. The van der Waals surface area contributed by atoms with Gasteiger partial charge in [-0.15, -0.1) is 0 Å². The van der Waals surface area contributed by atoms with Crippen molar-refractivity contribution in [2.75, 3.05) is 14.2 Å². The van der Waals surface area contributed by atoms with Gasteiger partial charge < -0.3 is 14.8 Å². The fourth-order valence-corrected chi connectivity index (χ4v) is 1.77. The number of ether oxygens (including phenoxy) is 2. The third kappa shape index (κ3) is 3.98. The first-order valence-corrected chi connectivity index (χ1v) is 5.54. The van der Waals surface area contributed by atoms with Crippen LogP contribution < -0.4 is 14.8 Å². The fourth-order valence-electron chi connectivity index (χ4n) is 1.77. The van der Waals surface area contributed by atoms with E-state index in [0.717, 1.165) is 17.1 Å². The number of amides is 1. The van der Waals surface area contributed by atoms with E-state index in [1.165, 1.54) is 6.92 Å². The lowest BCUT2D eigenvalue weighted by atomic mass is 10.1. The van der Waals surface area contributed by atoms with E-state index in [9.17, 15) is 4.79 Å². The Morgan fingerprint density at radius 2 is 2.06 bits per heavy atom. The number of carbonyl (C=O) groups is 1. The molecule has 0 aliphatic carbocycles. The van der Waals surface area contributed by atoms with E-state index in [2.05, 4.69) is 5.32 Å². The van der Waals surface area contributed by atoms with Gasteiger partial charge in [-0.05, 0) is 37.1 Å². The van der Waals surface area contributed by atoms with E-state index in [-0.39, 0.29) is 11.9 Å². The SMILES string of the molecule is COc1ccc(OC)c(C[C@H](C)NC(C)=O)c1. The topological polar surface area (TPSA) is 47.6 Å². The van der Waals surface area contributed by atoms with Crippen molar-refractivity contribution in [3.05, 3.63) is 23.8 Å². The van der Waals surface area contributed by atoms with Crippen LogP contribution in [-0.2, 0) is 11.2 Å². The van der Waals surface area contributed by atoms with Crippen molar-refractivity contribution in [3.63, 3.8) is 0 Å². The Morgan fingerprint density at radius 1 is 1.35 bits per heavy atom. The van der Waals surface area contributed by atoms with Crippen molar-refractivity contribution in [3.8, 4) is 11.5 Å². The summed E-state index contributed by atoms with van der Waals surface area (Å²) < 4.78 is 10.5. The Balaban J connectivity index is 2.83. The van der Waals surface area contributed by atoms with Gasteiger partial charge in [-0.2, -0.15) is 0 Å². The van der Waals surface area contributed by atoms with Crippen LogP contribution in [0.4, 0.5) is 0 Å². The number of hydrogen-bond acceptors (Lipinski definition) is 3. The van der Waals surface area contributed by atoms with Crippen LogP contribution in [-0.4, -0.2) is 26.2 Å². The van der Waals surface area contributed by atoms with Crippen LogP contribution in [0.15, 0.2) is 18.2 Å². The third-order valence-corrected chi connectivity index (χ3v) is 2.46. The summed E-state index contributed by atoms with van der Waals surface area (Å²) >= 11 is 0. The lowest BCUT2D eigenvalue weighted by Gasteiger charge is -2.15. The van der Waals surface area contributed by atoms with Gasteiger partial charge in [0.1, 0.15) is 11.5 Å². The fraction of sp³-hybridized carbons (Fsp3) is 0.462. The van der Waals surface area contributed by atoms with Crippen molar-refractivity contribution in [1.29, 1.82) is 0 Å². The Hall–Kier alpha value is -1.71. The smallest absolute Gasteiger partial charge is 0.217 e. The molecule has 0 bridgehead atoms. The summed E-state index contributed by atoms with van der Waals surface area (Å²) in [6.45, 7) is 3.47. The van der Waals surface area contributed by atoms with Crippen LogP contribution in [0.25, 0.3) is 0 Å². The van der Waals surface area contributed by atoms with E-state index in [4.69, 9.17) is 9.47 Å². The van der Waals surface area contributed by atoms with Crippen molar-refractivity contribution >= 4 is 5.91 Å². The molecule has 1 aromatic carbocycles. The summed E-state index contributed by atoms with van der Waals surface area (Å²) in [5, 5.41) is 2.84. The molecule has 0 saturated heterocycles. The zero-order chi connectivity index (χ0) is 12.8. The molecule has 0 fully saturated rings. The number of hydrogen-bond donors (Lipinski definition) is 1. The molecule has 0 aliphatic heterocycles. The van der Waals surface area contributed by atoms with E-state index in [0.29, 0.717) is 6.42 Å². The number of rotatable bonds is 5. The molecule has 0 radical (unpaired) electrons. The molecular formula is C13H19NO3. The molecule has 17 heavy (non-hydrogen) atoms. The van der Waals surface area contributed by atoms with Crippen molar-refractivity contribution in [2.24, 2.45) is 0 Å². The molecule has 1 amide bonds. The quantitative estimate of drug-likeness (QED) is 0.849. The second kappa shape index (κ2) is 6.13. The van der Waals surface area contributed by atoms with Gasteiger partial charge in [-0.1, -0.05) is 0 Å². The van der Waals surface area contributed by atoms with Gasteiger partial charge in [0.25, 0.3) is 0 Å². The largest absolute Gasteiger partial charge is 0.497 e. The molecule has 94 valence electrons. The molecule has 0 spiro atoms. The number of nitrogens with one attached hydrogen (secondary N) is 1. The van der Waals surface area contributed by atoms with Gasteiger partial charge in [-0.3, -0.25) is 4.79 Å². The maximum Gasteiger partial charge on any atom is 0.217 e. The maximum atomic E-state index is 11.0. The first kappa shape index (κ1) is 13.4. The number of benzene rings is 1. The van der Waals surface area contributed by atoms with Gasteiger partial charge >= 0.3 is 0 Å². The highest BCUT2D eigenvalue weighted by molar-refractivity contribution is 5.73. The van der Waals surface area contributed by atoms with E-state index >= 15 is 0 Å². The van der Waals surface area contributed by atoms with Crippen LogP contribution in [0.5, 0.6) is 11.5 Å². The van der Waals surface area contributed by atoms with Crippen LogP contribution in [0.2, 0.25) is 0 Å². The summed E-state index contributed by atoms with van der Waals surface area (Å²) in [5.41, 5.74) is 1.02. The molecule has 0 unspecified atom stereocenters. The molecule has 1 rings (SSSR count). The second-order valence-corrected chi connectivity index (χ2v) is 3.98. The number of carbonyl (C=O) groups excluding carboxylic acids is 1. The predicted molar refractivity (Wildman–Crippen MR) is 66.5 cm³/mol. The molecule has 1 aromatic rings. The van der Waals surface area contributed by atoms with Crippen LogP contribution in [0.3, 0.4) is 0 Å². The van der Waals surface area contributed by atoms with E-state index in [1.807, 2.05) is 25.1 Å². The normalized spacial score (nSPS) is 11.8. The molecular weight excluding hydrogens is 218 g/mol. The van der Waals surface area contributed by atoms with E-state index < -0.39 is 0 Å². The highest BCUT2D eigenvalue weighted by atomic mass is 16.5. The Bertz CT molecular complexity index is 390. The van der Waals surface area contributed by atoms with Gasteiger partial charge in [0.15, 0.2) is 0 Å². The minimum absolute atomic E-state index is 0.0284. The Morgan fingerprint density at radius 3 is 2.59 bits per heavy atom. The van der Waals surface area contributed by atoms with Crippen molar-refractivity contribution in [2.45, 2.75) is 26.3 Å². The first-order chi connectivity index (χ1) is 8.06. The average Bonchev–Trinajstić information content (AvgIpc) is 2.27. The van der Waals surface area contributed by atoms with Gasteiger partial charge in [0, 0.05) is 13.0 Å². The maximum absolute atomic E-state index is 11.0. The highest BCUT2D eigenvalue weighted by Crippen LogP contribution is 2.25. The first-order valence-electron chi connectivity index (χ1n) is 5.54. The van der Waals surface area contributed by atoms with E-state index in [1.54, 1.807) is 14.2 Å². The lowest BCUT2D eigenvalue weighted by Crippen LogP contribution is -2.32. The van der Waals surface area contributed by atoms with Crippen LogP contribution in [0, 0.1) is 0 Å². The predicted octanol–water partition coefficient (Wildman–Crippen LogP) is 1.77. The lowest BCUT2D eigenvalue weighted by molar-refractivity contribution is -0.119. The van der Waals surface area contributed by atoms with Crippen molar-refractivity contribution < 1.29 is 14.3 Å².